The first-order valence-corrected chi connectivity index (χ1v) is 4.63. The van der Waals surface area contributed by atoms with Crippen molar-refractivity contribution in [1.29, 1.82) is 0 Å². The van der Waals surface area contributed by atoms with Gasteiger partial charge in [0.15, 0.2) is 0 Å². The number of rotatable bonds is 4. The Hall–Kier alpha value is -1.10. The molecule has 0 aromatic carbocycles. The fourth-order valence-corrected chi connectivity index (χ4v) is 1.41. The largest absolute Gasteiger partial charge is 0.496 e. The Morgan fingerprint density at radius 3 is 2.47 bits per heavy atom. The van der Waals surface area contributed by atoms with E-state index in [0.29, 0.717) is 0 Å². The number of hydrogen-bond acceptors (Lipinski definition) is 3. The standard InChI is InChI=1S/C9H10ClF2NO2/c1-14-6-3-7(15-2)13-8(9(11)12)5(6)4-10/h3,9H,4H2,1-2H3. The Morgan fingerprint density at radius 1 is 1.40 bits per heavy atom. The summed E-state index contributed by atoms with van der Waals surface area (Å²) in [7, 11) is 2.72. The Kier molecular flexibility index (Phi) is 4.08. The van der Waals surface area contributed by atoms with Crippen LogP contribution in [0, 0.1) is 0 Å². The molecule has 1 heterocycles. The lowest BCUT2D eigenvalue weighted by molar-refractivity contribution is 0.143. The first-order chi connectivity index (χ1) is 7.13. The van der Waals surface area contributed by atoms with Crippen LogP contribution in [0.3, 0.4) is 0 Å². The SMILES string of the molecule is COc1cc(OC)c(CCl)c(C(F)F)n1. The minimum absolute atomic E-state index is 0.0796. The van der Waals surface area contributed by atoms with E-state index in [2.05, 4.69) is 4.98 Å². The monoisotopic (exact) mass is 237 g/mol. The van der Waals surface area contributed by atoms with E-state index in [1.165, 1.54) is 20.3 Å². The van der Waals surface area contributed by atoms with Crippen LogP contribution in [-0.4, -0.2) is 19.2 Å². The van der Waals surface area contributed by atoms with Gasteiger partial charge < -0.3 is 9.47 Å². The normalized spacial score (nSPS) is 10.5. The summed E-state index contributed by atoms with van der Waals surface area (Å²) in [6, 6.07) is 1.42. The Balaban J connectivity index is 3.32. The molecule has 0 aliphatic carbocycles. The van der Waals surface area contributed by atoms with Crippen molar-refractivity contribution in [2.45, 2.75) is 12.3 Å². The fourth-order valence-electron chi connectivity index (χ4n) is 1.15. The maximum absolute atomic E-state index is 12.6. The second-order valence-corrected chi connectivity index (χ2v) is 2.93. The van der Waals surface area contributed by atoms with E-state index in [9.17, 15) is 8.78 Å². The molecule has 0 saturated carbocycles. The lowest BCUT2D eigenvalue weighted by Crippen LogP contribution is -2.02. The van der Waals surface area contributed by atoms with Gasteiger partial charge in [-0.2, -0.15) is 0 Å². The molecule has 0 unspecified atom stereocenters. The van der Waals surface area contributed by atoms with Gasteiger partial charge >= 0.3 is 0 Å². The van der Waals surface area contributed by atoms with Crippen molar-refractivity contribution >= 4 is 11.6 Å². The molecule has 6 heteroatoms. The minimum Gasteiger partial charge on any atom is -0.496 e. The summed E-state index contributed by atoms with van der Waals surface area (Å²) in [5.41, 5.74) is -0.212. The smallest absolute Gasteiger partial charge is 0.280 e. The van der Waals surface area contributed by atoms with Gasteiger partial charge in [-0.3, -0.25) is 0 Å². The summed E-state index contributed by atoms with van der Waals surface area (Å²) in [4.78, 5) is 3.63. The molecule has 0 saturated heterocycles. The van der Waals surface area contributed by atoms with Gasteiger partial charge in [0.25, 0.3) is 6.43 Å². The second-order valence-electron chi connectivity index (χ2n) is 2.66. The molecule has 0 amide bonds. The van der Waals surface area contributed by atoms with Crippen LogP contribution in [0.5, 0.6) is 11.6 Å². The third-order valence-electron chi connectivity index (χ3n) is 1.86. The van der Waals surface area contributed by atoms with E-state index in [0.717, 1.165) is 0 Å². The fraction of sp³-hybridized carbons (Fsp3) is 0.444. The lowest BCUT2D eigenvalue weighted by Gasteiger charge is -2.12. The average molecular weight is 238 g/mol. The number of ether oxygens (including phenoxy) is 2. The topological polar surface area (TPSA) is 31.4 Å². The van der Waals surface area contributed by atoms with Crippen LogP contribution < -0.4 is 9.47 Å². The lowest BCUT2D eigenvalue weighted by atomic mass is 10.2. The van der Waals surface area contributed by atoms with Crippen LogP contribution in [0.25, 0.3) is 0 Å². The summed E-state index contributed by atoms with van der Waals surface area (Å²) in [6.45, 7) is 0. The number of pyridine rings is 1. The average Bonchev–Trinajstić information content (AvgIpc) is 2.26. The van der Waals surface area contributed by atoms with E-state index in [4.69, 9.17) is 21.1 Å². The Labute approximate surface area is 91.0 Å². The van der Waals surface area contributed by atoms with Gasteiger partial charge in [0.1, 0.15) is 11.4 Å². The van der Waals surface area contributed by atoms with Gasteiger partial charge in [0.05, 0.1) is 20.1 Å². The third kappa shape index (κ3) is 2.47. The van der Waals surface area contributed by atoms with Crippen LogP contribution in [0.1, 0.15) is 17.7 Å². The highest BCUT2D eigenvalue weighted by molar-refractivity contribution is 6.17. The number of hydrogen-bond donors (Lipinski definition) is 0. The molecule has 0 bridgehead atoms. The first-order valence-electron chi connectivity index (χ1n) is 4.10. The maximum atomic E-state index is 12.6. The molecule has 0 spiro atoms. The van der Waals surface area contributed by atoms with Gasteiger partial charge in [0, 0.05) is 11.6 Å². The van der Waals surface area contributed by atoms with Gasteiger partial charge in [-0.25, -0.2) is 13.8 Å². The summed E-state index contributed by atoms with van der Waals surface area (Å²) in [5, 5.41) is 0. The predicted octanol–water partition coefficient (Wildman–Crippen LogP) is 2.78. The molecule has 1 aromatic heterocycles. The van der Waals surface area contributed by atoms with Crippen LogP contribution in [0.4, 0.5) is 8.78 Å². The first kappa shape index (κ1) is 12.0. The number of aromatic nitrogens is 1. The number of nitrogens with zero attached hydrogens (tertiary/aromatic N) is 1. The molecule has 0 N–H and O–H groups in total. The van der Waals surface area contributed by atoms with E-state index in [1.54, 1.807) is 0 Å². The van der Waals surface area contributed by atoms with Gasteiger partial charge in [-0.1, -0.05) is 0 Å². The van der Waals surface area contributed by atoms with Gasteiger partial charge in [0.2, 0.25) is 5.88 Å². The molecule has 1 aromatic rings. The zero-order valence-electron chi connectivity index (χ0n) is 8.26. The molecule has 0 fully saturated rings. The Morgan fingerprint density at radius 2 is 2.07 bits per heavy atom. The molecule has 1 rings (SSSR count). The molecule has 0 aliphatic rings. The molecule has 0 atom stereocenters. The highest BCUT2D eigenvalue weighted by atomic mass is 35.5. The molecule has 0 radical (unpaired) electrons. The van der Waals surface area contributed by atoms with E-state index < -0.39 is 12.1 Å². The van der Waals surface area contributed by atoms with Crippen molar-refractivity contribution in [3.63, 3.8) is 0 Å². The van der Waals surface area contributed by atoms with Crippen LogP contribution >= 0.6 is 11.6 Å². The molecule has 3 nitrogen and oxygen atoms in total. The maximum Gasteiger partial charge on any atom is 0.280 e. The summed E-state index contributed by atoms with van der Waals surface area (Å²) >= 11 is 5.56. The summed E-state index contributed by atoms with van der Waals surface area (Å²) in [6.07, 6.45) is -2.71. The number of alkyl halides is 3. The molecule has 15 heavy (non-hydrogen) atoms. The van der Waals surface area contributed by atoms with E-state index in [1.807, 2.05) is 0 Å². The minimum atomic E-state index is -2.71. The van der Waals surface area contributed by atoms with Gasteiger partial charge in [-0.15, -0.1) is 11.6 Å². The zero-order valence-corrected chi connectivity index (χ0v) is 9.02. The predicted molar refractivity (Wildman–Crippen MR) is 51.9 cm³/mol. The zero-order chi connectivity index (χ0) is 11.4. The van der Waals surface area contributed by atoms with Crippen LogP contribution in [-0.2, 0) is 5.88 Å². The molecule has 0 aliphatic heterocycles. The second kappa shape index (κ2) is 5.11. The van der Waals surface area contributed by atoms with Crippen molar-refractivity contribution in [2.75, 3.05) is 14.2 Å². The van der Waals surface area contributed by atoms with Crippen molar-refractivity contribution in [2.24, 2.45) is 0 Å². The highest BCUT2D eigenvalue weighted by Gasteiger charge is 2.20. The van der Waals surface area contributed by atoms with Crippen molar-refractivity contribution < 1.29 is 18.3 Å². The quantitative estimate of drug-likeness (QED) is 0.755. The van der Waals surface area contributed by atoms with Crippen LogP contribution in [0.2, 0.25) is 0 Å². The molecule has 84 valence electrons. The van der Waals surface area contributed by atoms with Crippen molar-refractivity contribution in [3.8, 4) is 11.6 Å². The van der Waals surface area contributed by atoms with Crippen molar-refractivity contribution in [3.05, 3.63) is 17.3 Å². The van der Waals surface area contributed by atoms with E-state index >= 15 is 0 Å². The Bertz CT molecular complexity index is 347. The molecular weight excluding hydrogens is 228 g/mol. The van der Waals surface area contributed by atoms with Gasteiger partial charge in [-0.05, 0) is 0 Å². The summed E-state index contributed by atoms with van der Waals surface area (Å²) < 4.78 is 34.9. The van der Waals surface area contributed by atoms with Crippen LogP contribution in [0.15, 0.2) is 6.07 Å². The number of methoxy groups -OCH3 is 2. The molecular formula is C9H10ClF2NO2. The third-order valence-corrected chi connectivity index (χ3v) is 2.13. The van der Waals surface area contributed by atoms with Crippen molar-refractivity contribution in [1.82, 2.24) is 4.98 Å². The number of halogens is 3. The highest BCUT2D eigenvalue weighted by Crippen LogP contribution is 2.32. The van der Waals surface area contributed by atoms with E-state index in [-0.39, 0.29) is 23.1 Å². The summed E-state index contributed by atoms with van der Waals surface area (Å²) in [5.74, 6) is 0.253.